The zero-order chi connectivity index (χ0) is 13.0. The molecule has 0 aromatic heterocycles. The van der Waals surface area contributed by atoms with E-state index in [0.717, 1.165) is 37.1 Å². The highest BCUT2D eigenvalue weighted by Gasteiger charge is 2.18. The lowest BCUT2D eigenvalue weighted by Gasteiger charge is -2.24. The van der Waals surface area contributed by atoms with Gasteiger partial charge < -0.3 is 5.32 Å². The van der Waals surface area contributed by atoms with Gasteiger partial charge in [-0.25, -0.2) is 4.39 Å². The highest BCUT2D eigenvalue weighted by atomic mass is 19.1. The average Bonchev–Trinajstić information content (AvgIpc) is 2.43. The zero-order valence-electron chi connectivity index (χ0n) is 11.5. The molecule has 1 unspecified atom stereocenters. The van der Waals surface area contributed by atoms with Crippen LogP contribution in [0.1, 0.15) is 62.5 Å². The van der Waals surface area contributed by atoms with Crippen LogP contribution in [0.3, 0.4) is 0 Å². The molecule has 0 spiro atoms. The normalized spacial score (nSPS) is 20.3. The van der Waals surface area contributed by atoms with Crippen LogP contribution >= 0.6 is 0 Å². The lowest BCUT2D eigenvalue weighted by atomic mass is 9.88. The van der Waals surface area contributed by atoms with Gasteiger partial charge >= 0.3 is 0 Å². The summed E-state index contributed by atoms with van der Waals surface area (Å²) >= 11 is 0. The first-order valence-electron chi connectivity index (χ1n) is 7.26. The Kier molecular flexibility index (Phi) is 4.76. The molecule has 1 heterocycles. The van der Waals surface area contributed by atoms with Crippen molar-refractivity contribution in [2.45, 2.75) is 51.4 Å². The van der Waals surface area contributed by atoms with Gasteiger partial charge in [0.1, 0.15) is 5.82 Å². The molecule has 1 aromatic rings. The topological polar surface area (TPSA) is 12.0 Å². The molecule has 1 nitrogen and oxygen atoms in total. The summed E-state index contributed by atoms with van der Waals surface area (Å²) in [6.07, 6.45) is 4.40. The molecule has 1 N–H and O–H groups in total. The second-order valence-corrected chi connectivity index (χ2v) is 5.34. The zero-order valence-corrected chi connectivity index (χ0v) is 11.5. The molecule has 0 radical (unpaired) electrons. The summed E-state index contributed by atoms with van der Waals surface area (Å²) < 4.78 is 14.2. The fourth-order valence-corrected chi connectivity index (χ4v) is 2.99. The molecule has 2 heteroatoms. The lowest BCUT2D eigenvalue weighted by Crippen LogP contribution is -2.28. The van der Waals surface area contributed by atoms with Gasteiger partial charge in [-0.1, -0.05) is 26.0 Å². The third kappa shape index (κ3) is 2.92. The van der Waals surface area contributed by atoms with E-state index in [9.17, 15) is 4.39 Å². The van der Waals surface area contributed by atoms with Crippen LogP contribution in [-0.2, 0) is 0 Å². The lowest BCUT2D eigenvalue weighted by molar-refractivity contribution is 0.458. The van der Waals surface area contributed by atoms with E-state index < -0.39 is 0 Å². The Labute approximate surface area is 110 Å². The monoisotopic (exact) mass is 249 g/mol. The van der Waals surface area contributed by atoms with Gasteiger partial charge in [0, 0.05) is 6.54 Å². The molecule has 0 amide bonds. The molecule has 1 saturated heterocycles. The summed E-state index contributed by atoms with van der Waals surface area (Å²) in [4.78, 5) is 0. The molecule has 1 aliphatic rings. The third-order valence-electron chi connectivity index (χ3n) is 4.22. The molecule has 1 atom stereocenters. The van der Waals surface area contributed by atoms with Gasteiger partial charge in [-0.2, -0.15) is 0 Å². The maximum Gasteiger partial charge on any atom is 0.126 e. The second-order valence-electron chi connectivity index (χ2n) is 5.34. The Morgan fingerprint density at radius 2 is 2.11 bits per heavy atom. The van der Waals surface area contributed by atoms with E-state index in [1.807, 2.05) is 6.07 Å². The average molecular weight is 249 g/mol. The van der Waals surface area contributed by atoms with E-state index in [2.05, 4.69) is 25.2 Å². The molecule has 1 aliphatic heterocycles. The minimum atomic E-state index is -0.00762. The first-order valence-corrected chi connectivity index (χ1v) is 7.26. The van der Waals surface area contributed by atoms with Gasteiger partial charge in [-0.05, 0) is 61.3 Å². The standard InChI is InChI=1S/C16H24FN/c1-3-12(4-2)15-8-7-13(10-16(15)17)14-6-5-9-18-11-14/h7-8,10,12,14,18H,3-6,9,11H2,1-2H3. The van der Waals surface area contributed by atoms with Crippen molar-refractivity contribution < 1.29 is 4.39 Å². The molecule has 0 saturated carbocycles. The molecule has 0 aliphatic carbocycles. The van der Waals surface area contributed by atoms with E-state index in [1.54, 1.807) is 6.07 Å². The number of hydrogen-bond acceptors (Lipinski definition) is 1. The number of hydrogen-bond donors (Lipinski definition) is 1. The van der Waals surface area contributed by atoms with Crippen LogP contribution in [0.2, 0.25) is 0 Å². The van der Waals surface area contributed by atoms with Crippen LogP contribution in [0.15, 0.2) is 18.2 Å². The van der Waals surface area contributed by atoms with Crippen LogP contribution in [0, 0.1) is 5.82 Å². The Hall–Kier alpha value is -0.890. The number of nitrogens with one attached hydrogen (secondary N) is 1. The summed E-state index contributed by atoms with van der Waals surface area (Å²) in [5.74, 6) is 0.847. The predicted molar refractivity (Wildman–Crippen MR) is 74.6 cm³/mol. The van der Waals surface area contributed by atoms with Crippen molar-refractivity contribution in [3.8, 4) is 0 Å². The first kappa shape index (κ1) is 13.5. The van der Waals surface area contributed by atoms with E-state index in [4.69, 9.17) is 0 Å². The molecule has 18 heavy (non-hydrogen) atoms. The highest BCUT2D eigenvalue weighted by Crippen LogP contribution is 2.29. The van der Waals surface area contributed by atoms with Crippen molar-refractivity contribution >= 4 is 0 Å². The van der Waals surface area contributed by atoms with Crippen LogP contribution in [0.5, 0.6) is 0 Å². The van der Waals surface area contributed by atoms with Crippen molar-refractivity contribution in [2.75, 3.05) is 13.1 Å². The van der Waals surface area contributed by atoms with Crippen LogP contribution < -0.4 is 5.32 Å². The summed E-state index contributed by atoms with van der Waals surface area (Å²) in [6, 6.07) is 5.91. The number of rotatable bonds is 4. The van der Waals surface area contributed by atoms with Crippen molar-refractivity contribution in [3.05, 3.63) is 35.1 Å². The smallest absolute Gasteiger partial charge is 0.126 e. The molecule has 1 fully saturated rings. The van der Waals surface area contributed by atoms with E-state index in [-0.39, 0.29) is 5.82 Å². The number of benzene rings is 1. The van der Waals surface area contributed by atoms with Crippen LogP contribution in [0.4, 0.5) is 4.39 Å². The summed E-state index contributed by atoms with van der Waals surface area (Å²) in [6.45, 7) is 6.35. The van der Waals surface area contributed by atoms with E-state index >= 15 is 0 Å². The van der Waals surface area contributed by atoms with Gasteiger partial charge in [-0.3, -0.25) is 0 Å². The molecule has 100 valence electrons. The molecular weight excluding hydrogens is 225 g/mol. The fourth-order valence-electron chi connectivity index (χ4n) is 2.99. The van der Waals surface area contributed by atoms with Gasteiger partial charge in [0.25, 0.3) is 0 Å². The maximum atomic E-state index is 14.2. The summed E-state index contributed by atoms with van der Waals surface area (Å²) in [7, 11) is 0. The molecular formula is C16H24FN. The molecule has 2 rings (SSSR count). The second kappa shape index (κ2) is 6.33. The first-order chi connectivity index (χ1) is 8.76. The quantitative estimate of drug-likeness (QED) is 0.843. The summed E-state index contributed by atoms with van der Waals surface area (Å²) in [5.41, 5.74) is 2.06. The van der Waals surface area contributed by atoms with Gasteiger partial charge in [-0.15, -0.1) is 0 Å². The van der Waals surface area contributed by atoms with Crippen molar-refractivity contribution in [1.29, 1.82) is 0 Å². The maximum absolute atomic E-state index is 14.2. The van der Waals surface area contributed by atoms with Crippen LogP contribution in [0.25, 0.3) is 0 Å². The third-order valence-corrected chi connectivity index (χ3v) is 4.22. The van der Waals surface area contributed by atoms with E-state index in [1.165, 1.54) is 12.8 Å². The molecule has 1 aromatic carbocycles. The summed E-state index contributed by atoms with van der Waals surface area (Å²) in [5, 5.41) is 3.39. The Balaban J connectivity index is 2.18. The van der Waals surface area contributed by atoms with Gasteiger partial charge in [0.15, 0.2) is 0 Å². The fraction of sp³-hybridized carbons (Fsp3) is 0.625. The van der Waals surface area contributed by atoms with Gasteiger partial charge in [0.05, 0.1) is 0 Å². The van der Waals surface area contributed by atoms with E-state index in [0.29, 0.717) is 11.8 Å². The van der Waals surface area contributed by atoms with Crippen LogP contribution in [-0.4, -0.2) is 13.1 Å². The highest BCUT2D eigenvalue weighted by molar-refractivity contribution is 5.30. The number of halogens is 1. The Morgan fingerprint density at radius 3 is 2.67 bits per heavy atom. The van der Waals surface area contributed by atoms with Crippen molar-refractivity contribution in [2.24, 2.45) is 0 Å². The minimum absolute atomic E-state index is 0.00762. The Morgan fingerprint density at radius 1 is 1.33 bits per heavy atom. The predicted octanol–water partition coefficient (Wildman–Crippen LogP) is 4.20. The minimum Gasteiger partial charge on any atom is -0.316 e. The SMILES string of the molecule is CCC(CC)c1ccc(C2CCCNC2)cc1F. The number of piperidine rings is 1. The van der Waals surface area contributed by atoms with Crippen molar-refractivity contribution in [1.82, 2.24) is 5.32 Å². The molecule has 0 bridgehead atoms. The Bertz CT molecular complexity index is 379. The van der Waals surface area contributed by atoms with Crippen molar-refractivity contribution in [3.63, 3.8) is 0 Å². The van der Waals surface area contributed by atoms with Gasteiger partial charge in [0.2, 0.25) is 0 Å². The largest absolute Gasteiger partial charge is 0.316 e.